The zero-order valence-corrected chi connectivity index (χ0v) is 17.7. The monoisotopic (exact) mass is 443 g/mol. The van der Waals surface area contributed by atoms with Crippen LogP contribution in [0.4, 0.5) is 4.39 Å². The fourth-order valence-electron chi connectivity index (χ4n) is 2.64. The first kappa shape index (κ1) is 25.4. The molecule has 8 nitrogen and oxygen atoms in total. The molecule has 0 aliphatic carbocycles. The number of nitrogens with two attached hydrogens (primary N) is 1. The summed E-state index contributed by atoms with van der Waals surface area (Å²) in [7, 11) is 0. The number of amides is 3. The number of carbonyl (C=O) groups is 4. The van der Waals surface area contributed by atoms with Gasteiger partial charge in [0.15, 0.2) is 0 Å². The first-order valence-corrected chi connectivity index (χ1v) is 9.91. The molecular weight excluding hydrogens is 417 g/mol. The van der Waals surface area contributed by atoms with E-state index in [2.05, 4.69) is 5.43 Å². The second-order valence-electron chi connectivity index (χ2n) is 7.16. The minimum absolute atomic E-state index is 0.0550. The van der Waals surface area contributed by atoms with Crippen LogP contribution < -0.4 is 11.2 Å². The van der Waals surface area contributed by atoms with Crippen LogP contribution in [0.15, 0.2) is 30.3 Å². The third-order valence-corrected chi connectivity index (χ3v) is 4.25. The van der Waals surface area contributed by atoms with Gasteiger partial charge >= 0.3 is 5.97 Å². The molecule has 0 unspecified atom stereocenters. The summed E-state index contributed by atoms with van der Waals surface area (Å²) in [6.07, 6.45) is -0.206. The number of hydrazine groups is 1. The van der Waals surface area contributed by atoms with E-state index in [0.717, 1.165) is 5.56 Å². The highest BCUT2D eigenvalue weighted by Crippen LogP contribution is 2.18. The SMILES string of the molecule is CC(C)C[C@H](CC(=O)OCc1ccccc1)C(=O)NN(CCC(N)=O)C(=O)[C@H](F)Cl. The van der Waals surface area contributed by atoms with E-state index in [-0.39, 0.29) is 31.9 Å². The maximum absolute atomic E-state index is 13.2. The topological polar surface area (TPSA) is 119 Å². The number of nitrogens with zero attached hydrogens (tertiary/aromatic N) is 1. The largest absolute Gasteiger partial charge is 0.461 e. The standard InChI is InChI=1S/C20H27ClFN3O5/c1-13(2)10-15(11-17(27)30-12-14-6-4-3-5-7-14)19(28)24-25(9-8-16(23)26)20(29)18(21)22/h3-7,13,15,18H,8-12H2,1-2H3,(H2,23,26)(H,24,28)/t15-,18+/m1/s1. The number of hydrogen-bond acceptors (Lipinski definition) is 5. The lowest BCUT2D eigenvalue weighted by molar-refractivity contribution is -0.150. The Kier molecular flexibility index (Phi) is 10.8. The average Bonchev–Trinajstić information content (AvgIpc) is 2.68. The Labute approximate surface area is 179 Å². The first-order chi connectivity index (χ1) is 14.1. The van der Waals surface area contributed by atoms with Gasteiger partial charge in [0.25, 0.3) is 11.5 Å². The van der Waals surface area contributed by atoms with Crippen LogP contribution in [-0.4, -0.2) is 40.9 Å². The number of halogens is 2. The molecule has 2 atom stereocenters. The number of nitrogens with one attached hydrogen (secondary N) is 1. The van der Waals surface area contributed by atoms with Gasteiger partial charge in [0.1, 0.15) is 6.61 Å². The van der Waals surface area contributed by atoms with Gasteiger partial charge in [0.05, 0.1) is 18.9 Å². The van der Waals surface area contributed by atoms with Gasteiger partial charge in [0, 0.05) is 6.42 Å². The van der Waals surface area contributed by atoms with Crippen molar-refractivity contribution in [3.63, 3.8) is 0 Å². The molecule has 0 saturated carbocycles. The molecule has 0 radical (unpaired) electrons. The smallest absolute Gasteiger partial charge is 0.306 e. The van der Waals surface area contributed by atoms with E-state index >= 15 is 0 Å². The molecule has 1 aromatic rings. The van der Waals surface area contributed by atoms with Crippen molar-refractivity contribution in [3.8, 4) is 0 Å². The van der Waals surface area contributed by atoms with Crippen LogP contribution in [0.5, 0.6) is 0 Å². The molecule has 0 fully saturated rings. The molecule has 166 valence electrons. The summed E-state index contributed by atoms with van der Waals surface area (Å²) in [5.74, 6) is -4.02. The molecule has 10 heteroatoms. The second-order valence-corrected chi connectivity index (χ2v) is 7.54. The van der Waals surface area contributed by atoms with Crippen LogP contribution >= 0.6 is 11.6 Å². The normalized spacial score (nSPS) is 12.7. The zero-order chi connectivity index (χ0) is 22.7. The third kappa shape index (κ3) is 9.69. The highest BCUT2D eigenvalue weighted by Gasteiger charge is 2.29. The molecule has 0 saturated heterocycles. The van der Waals surface area contributed by atoms with Crippen LogP contribution in [0.2, 0.25) is 0 Å². The van der Waals surface area contributed by atoms with Gasteiger partial charge in [-0.1, -0.05) is 55.8 Å². The zero-order valence-electron chi connectivity index (χ0n) is 17.0. The molecule has 30 heavy (non-hydrogen) atoms. The maximum Gasteiger partial charge on any atom is 0.306 e. The molecule has 0 spiro atoms. The lowest BCUT2D eigenvalue weighted by atomic mass is 9.93. The van der Waals surface area contributed by atoms with Crippen LogP contribution in [0.1, 0.15) is 38.7 Å². The molecule has 3 N–H and O–H groups in total. The molecule has 0 bridgehead atoms. The molecule has 3 amide bonds. The molecule has 0 heterocycles. The van der Waals surface area contributed by atoms with Crippen molar-refractivity contribution in [2.45, 2.75) is 45.3 Å². The molecule has 1 rings (SSSR count). The lowest BCUT2D eigenvalue weighted by Gasteiger charge is -2.26. The van der Waals surface area contributed by atoms with Crippen molar-refractivity contribution >= 4 is 35.3 Å². The van der Waals surface area contributed by atoms with Crippen molar-refractivity contribution in [2.75, 3.05) is 6.54 Å². The number of esters is 1. The third-order valence-electron chi connectivity index (χ3n) is 4.06. The fraction of sp³-hybridized carbons (Fsp3) is 0.500. The Hall–Kier alpha value is -2.68. The Balaban J connectivity index is 2.78. The number of alkyl halides is 2. The highest BCUT2D eigenvalue weighted by molar-refractivity contribution is 6.29. The number of benzene rings is 1. The van der Waals surface area contributed by atoms with Gasteiger partial charge in [-0.2, -0.15) is 0 Å². The predicted octanol–water partition coefficient (Wildman–Crippen LogP) is 2.05. The van der Waals surface area contributed by atoms with Crippen LogP contribution in [0.3, 0.4) is 0 Å². The van der Waals surface area contributed by atoms with Crippen molar-refractivity contribution in [1.29, 1.82) is 0 Å². The Bertz CT molecular complexity index is 730. The minimum Gasteiger partial charge on any atom is -0.461 e. The van der Waals surface area contributed by atoms with E-state index in [0.29, 0.717) is 11.4 Å². The quantitative estimate of drug-likeness (QED) is 0.308. The van der Waals surface area contributed by atoms with Crippen LogP contribution in [-0.2, 0) is 30.5 Å². The summed E-state index contributed by atoms with van der Waals surface area (Å²) in [4.78, 5) is 47.8. The average molecular weight is 444 g/mol. The van der Waals surface area contributed by atoms with Crippen molar-refractivity contribution in [3.05, 3.63) is 35.9 Å². The Morgan fingerprint density at radius 1 is 1.20 bits per heavy atom. The van der Waals surface area contributed by atoms with E-state index in [1.807, 2.05) is 32.0 Å². The number of hydrogen-bond donors (Lipinski definition) is 2. The van der Waals surface area contributed by atoms with Crippen molar-refractivity contribution in [1.82, 2.24) is 10.4 Å². The van der Waals surface area contributed by atoms with Gasteiger partial charge in [-0.05, 0) is 17.9 Å². The molecule has 0 aromatic heterocycles. The number of primary amides is 1. The molecule has 0 aliphatic rings. The van der Waals surface area contributed by atoms with E-state index < -0.39 is 35.2 Å². The predicted molar refractivity (Wildman–Crippen MR) is 108 cm³/mol. The summed E-state index contributed by atoms with van der Waals surface area (Å²) >= 11 is 5.17. The van der Waals surface area contributed by atoms with Gasteiger partial charge in [-0.25, -0.2) is 9.40 Å². The van der Waals surface area contributed by atoms with E-state index in [1.54, 1.807) is 12.1 Å². The Morgan fingerprint density at radius 3 is 2.37 bits per heavy atom. The summed E-state index contributed by atoms with van der Waals surface area (Å²) in [6.45, 7) is 3.44. The van der Waals surface area contributed by atoms with Gasteiger partial charge in [-0.3, -0.25) is 24.6 Å². The highest BCUT2D eigenvalue weighted by atomic mass is 35.5. The van der Waals surface area contributed by atoms with E-state index in [1.165, 1.54) is 0 Å². The van der Waals surface area contributed by atoms with E-state index in [4.69, 9.17) is 22.1 Å². The number of ether oxygens (including phenoxy) is 1. The lowest BCUT2D eigenvalue weighted by Crippen LogP contribution is -2.51. The van der Waals surface area contributed by atoms with E-state index in [9.17, 15) is 23.6 Å². The minimum atomic E-state index is -2.41. The van der Waals surface area contributed by atoms with Crippen LogP contribution in [0.25, 0.3) is 0 Å². The molecule has 1 aromatic carbocycles. The fourth-order valence-corrected chi connectivity index (χ4v) is 2.75. The number of carbonyl (C=O) groups excluding carboxylic acids is 4. The summed E-state index contributed by atoms with van der Waals surface area (Å²) < 4.78 is 18.5. The number of rotatable bonds is 11. The van der Waals surface area contributed by atoms with Gasteiger partial charge in [-0.15, -0.1) is 0 Å². The molecule has 0 aliphatic heterocycles. The Morgan fingerprint density at radius 2 is 1.83 bits per heavy atom. The summed E-state index contributed by atoms with van der Waals surface area (Å²) in [5.41, 5.74) is 5.68. The maximum atomic E-state index is 13.2. The molecular formula is C20H27ClFN3O5. The van der Waals surface area contributed by atoms with Crippen molar-refractivity contribution in [2.24, 2.45) is 17.6 Å². The van der Waals surface area contributed by atoms with Crippen molar-refractivity contribution < 1.29 is 28.3 Å². The summed E-state index contributed by atoms with van der Waals surface area (Å²) in [5, 5.41) is 0.605. The summed E-state index contributed by atoms with van der Waals surface area (Å²) in [6, 6.07) is 9.05. The second kappa shape index (κ2) is 12.8. The van der Waals surface area contributed by atoms with Crippen LogP contribution in [0, 0.1) is 11.8 Å². The van der Waals surface area contributed by atoms with Gasteiger partial charge in [0.2, 0.25) is 11.8 Å². The van der Waals surface area contributed by atoms with Gasteiger partial charge < -0.3 is 10.5 Å². The first-order valence-electron chi connectivity index (χ1n) is 9.48.